The minimum atomic E-state index is -0.595. The first-order valence-electron chi connectivity index (χ1n) is 8.64. The highest BCUT2D eigenvalue weighted by Gasteiger charge is 2.51. The summed E-state index contributed by atoms with van der Waals surface area (Å²) in [5.74, 6) is -0.726. The van der Waals surface area contributed by atoms with Gasteiger partial charge in [-0.25, -0.2) is 5.48 Å². The number of carbonyl (C=O) groups is 2. The highest BCUT2D eigenvalue weighted by Crippen LogP contribution is 2.38. The lowest BCUT2D eigenvalue weighted by Gasteiger charge is -2.19. The monoisotopic (exact) mass is 345 g/mol. The van der Waals surface area contributed by atoms with E-state index >= 15 is 0 Å². The molecule has 134 valence electrons. The maximum atomic E-state index is 12.4. The molecule has 7 heteroatoms. The van der Waals surface area contributed by atoms with Gasteiger partial charge in [-0.2, -0.15) is 0 Å². The molecule has 7 nitrogen and oxygen atoms in total. The number of ether oxygens (including phenoxy) is 1. The number of nitrogens with zero attached hydrogens (tertiary/aromatic N) is 1. The largest absolute Gasteiger partial charge is 0.461 e. The summed E-state index contributed by atoms with van der Waals surface area (Å²) in [4.78, 5) is 27.6. The number of rotatable bonds is 7. The Labute approximate surface area is 146 Å². The fourth-order valence-electron chi connectivity index (χ4n) is 2.96. The molecule has 0 aliphatic heterocycles. The van der Waals surface area contributed by atoms with E-state index < -0.39 is 11.4 Å². The molecule has 2 aliphatic rings. The van der Waals surface area contributed by atoms with Crippen LogP contribution in [0.1, 0.15) is 49.8 Å². The predicted octanol–water partition coefficient (Wildman–Crippen LogP) is 1.71. The first-order chi connectivity index (χ1) is 12.1. The molecule has 3 rings (SSSR count). The van der Waals surface area contributed by atoms with Gasteiger partial charge in [0.1, 0.15) is 11.6 Å². The molecule has 1 aromatic rings. The van der Waals surface area contributed by atoms with Gasteiger partial charge in [0, 0.05) is 18.8 Å². The summed E-state index contributed by atoms with van der Waals surface area (Å²) in [6, 6.07) is 3.66. The minimum absolute atomic E-state index is 0.0899. The van der Waals surface area contributed by atoms with Crippen molar-refractivity contribution in [2.45, 2.75) is 56.7 Å². The van der Waals surface area contributed by atoms with Gasteiger partial charge < -0.3 is 4.74 Å². The molecule has 0 spiro atoms. The molecule has 25 heavy (non-hydrogen) atoms. The van der Waals surface area contributed by atoms with Crippen LogP contribution in [0.5, 0.6) is 0 Å². The summed E-state index contributed by atoms with van der Waals surface area (Å²) in [7, 11) is 0. The molecular formula is C18H23N3O4. The fraction of sp³-hybridized carbons (Fsp3) is 0.500. The molecule has 0 aromatic carbocycles. The zero-order chi connectivity index (χ0) is 17.7. The third-order valence-electron chi connectivity index (χ3n) is 4.71. The Bertz CT molecular complexity index is 647. The smallest absolute Gasteiger partial charge is 0.326 e. The van der Waals surface area contributed by atoms with Gasteiger partial charge in [0.25, 0.3) is 5.91 Å². The van der Waals surface area contributed by atoms with E-state index in [4.69, 9.17) is 9.94 Å². The number of nitrogens with one attached hydrogen (secondary N) is 2. The van der Waals surface area contributed by atoms with Gasteiger partial charge in [-0.1, -0.05) is 6.07 Å². The van der Waals surface area contributed by atoms with Crippen molar-refractivity contribution in [3.8, 4) is 0 Å². The molecule has 1 amide bonds. The summed E-state index contributed by atoms with van der Waals surface area (Å²) in [5.41, 5.74) is 2.54. The van der Waals surface area contributed by atoms with Crippen LogP contribution >= 0.6 is 0 Å². The average Bonchev–Trinajstić information content (AvgIpc) is 3.27. The minimum Gasteiger partial charge on any atom is -0.461 e. The first-order valence-corrected chi connectivity index (χ1v) is 8.64. The molecular weight excluding hydrogens is 322 g/mol. The quantitative estimate of drug-likeness (QED) is 0.301. The second kappa shape index (κ2) is 7.76. The Morgan fingerprint density at radius 1 is 1.32 bits per heavy atom. The Kier molecular flexibility index (Phi) is 5.45. The van der Waals surface area contributed by atoms with Gasteiger partial charge in [-0.3, -0.25) is 25.1 Å². The van der Waals surface area contributed by atoms with Crippen molar-refractivity contribution in [2.75, 3.05) is 0 Å². The highest BCUT2D eigenvalue weighted by molar-refractivity contribution is 5.90. The number of hydroxylamine groups is 1. The SMILES string of the molecule is O=C(/C=C/c1ccc(CNC2(C(=O)OC3CCCC3)CC2)nc1)NO. The Morgan fingerprint density at radius 2 is 2.08 bits per heavy atom. The lowest BCUT2D eigenvalue weighted by molar-refractivity contribution is -0.152. The number of hydrogen-bond donors (Lipinski definition) is 3. The number of amides is 1. The van der Waals surface area contributed by atoms with E-state index in [0.717, 1.165) is 49.8 Å². The number of carbonyl (C=O) groups excluding carboxylic acids is 2. The normalized spacial score (nSPS) is 19.1. The van der Waals surface area contributed by atoms with Gasteiger partial charge >= 0.3 is 5.97 Å². The Hall–Kier alpha value is -2.25. The van der Waals surface area contributed by atoms with Crippen molar-refractivity contribution in [3.63, 3.8) is 0 Å². The zero-order valence-electron chi connectivity index (χ0n) is 14.0. The van der Waals surface area contributed by atoms with Gasteiger partial charge in [0.15, 0.2) is 0 Å². The third-order valence-corrected chi connectivity index (χ3v) is 4.71. The number of aromatic nitrogens is 1. The molecule has 0 atom stereocenters. The predicted molar refractivity (Wildman–Crippen MR) is 90.4 cm³/mol. The second-order valence-electron chi connectivity index (χ2n) is 6.64. The van der Waals surface area contributed by atoms with Crippen LogP contribution in [0.3, 0.4) is 0 Å². The van der Waals surface area contributed by atoms with E-state index in [-0.39, 0.29) is 12.1 Å². The second-order valence-corrected chi connectivity index (χ2v) is 6.64. The van der Waals surface area contributed by atoms with Gasteiger partial charge in [0.05, 0.1) is 5.69 Å². The molecule has 0 bridgehead atoms. The van der Waals surface area contributed by atoms with Crippen LogP contribution in [0, 0.1) is 0 Å². The summed E-state index contributed by atoms with van der Waals surface area (Å²) >= 11 is 0. The number of esters is 1. The molecule has 2 fully saturated rings. The topological polar surface area (TPSA) is 101 Å². The maximum Gasteiger partial charge on any atom is 0.326 e. The van der Waals surface area contributed by atoms with Gasteiger partial charge in [0.2, 0.25) is 0 Å². The van der Waals surface area contributed by atoms with Crippen LogP contribution < -0.4 is 10.8 Å². The molecule has 0 unspecified atom stereocenters. The zero-order valence-corrected chi connectivity index (χ0v) is 14.0. The van der Waals surface area contributed by atoms with E-state index in [1.807, 2.05) is 12.1 Å². The van der Waals surface area contributed by atoms with Crippen LogP contribution in [-0.4, -0.2) is 33.7 Å². The van der Waals surface area contributed by atoms with Crippen molar-refractivity contribution >= 4 is 18.0 Å². The Morgan fingerprint density at radius 3 is 2.68 bits per heavy atom. The van der Waals surface area contributed by atoms with Gasteiger partial charge in [-0.05, 0) is 56.2 Å². The first kappa shape index (κ1) is 17.6. The highest BCUT2D eigenvalue weighted by atomic mass is 16.5. The van der Waals surface area contributed by atoms with E-state index in [9.17, 15) is 9.59 Å². The fourth-order valence-corrected chi connectivity index (χ4v) is 2.96. The lowest BCUT2D eigenvalue weighted by Crippen LogP contribution is -2.41. The maximum absolute atomic E-state index is 12.4. The van der Waals surface area contributed by atoms with Crippen LogP contribution in [-0.2, 0) is 20.9 Å². The van der Waals surface area contributed by atoms with Crippen molar-refractivity contribution in [1.29, 1.82) is 0 Å². The number of hydrogen-bond acceptors (Lipinski definition) is 6. The molecule has 2 saturated carbocycles. The summed E-state index contributed by atoms with van der Waals surface area (Å²) in [6.07, 6.45) is 10.3. The van der Waals surface area contributed by atoms with Gasteiger partial charge in [-0.15, -0.1) is 0 Å². The summed E-state index contributed by atoms with van der Waals surface area (Å²) in [5, 5.41) is 11.7. The van der Waals surface area contributed by atoms with Crippen molar-refractivity contribution in [3.05, 3.63) is 35.7 Å². The van der Waals surface area contributed by atoms with Crippen LogP contribution in [0.25, 0.3) is 6.08 Å². The summed E-state index contributed by atoms with van der Waals surface area (Å²) < 4.78 is 5.62. The number of pyridine rings is 1. The lowest BCUT2D eigenvalue weighted by atomic mass is 10.2. The molecule has 0 saturated heterocycles. The van der Waals surface area contributed by atoms with Crippen molar-refractivity contribution in [2.24, 2.45) is 0 Å². The van der Waals surface area contributed by atoms with E-state index in [1.165, 1.54) is 11.6 Å². The van der Waals surface area contributed by atoms with E-state index in [2.05, 4.69) is 10.3 Å². The third kappa shape index (κ3) is 4.64. The van der Waals surface area contributed by atoms with E-state index in [1.54, 1.807) is 12.3 Å². The van der Waals surface area contributed by atoms with Crippen LogP contribution in [0.2, 0.25) is 0 Å². The van der Waals surface area contributed by atoms with E-state index in [0.29, 0.717) is 6.54 Å². The van der Waals surface area contributed by atoms with Crippen molar-refractivity contribution < 1.29 is 19.5 Å². The van der Waals surface area contributed by atoms with Crippen LogP contribution in [0.4, 0.5) is 0 Å². The molecule has 3 N–H and O–H groups in total. The molecule has 2 aliphatic carbocycles. The molecule has 1 aromatic heterocycles. The Balaban J connectivity index is 1.50. The van der Waals surface area contributed by atoms with Crippen LogP contribution in [0.15, 0.2) is 24.4 Å². The van der Waals surface area contributed by atoms with Crippen molar-refractivity contribution in [1.82, 2.24) is 15.8 Å². The molecule has 0 radical (unpaired) electrons. The average molecular weight is 345 g/mol. The standard InChI is InChI=1S/C18H23N3O4/c22-16(21-24)8-6-13-5-7-14(19-11-13)12-20-18(9-10-18)17(23)25-15-3-1-2-4-15/h5-8,11,15,20,24H,1-4,9-10,12H2,(H,21,22)/b8-6+. The summed E-state index contributed by atoms with van der Waals surface area (Å²) in [6.45, 7) is 0.487. The molecule has 1 heterocycles.